The average Bonchev–Trinajstić information content (AvgIpc) is 2.82. The van der Waals surface area contributed by atoms with E-state index in [0.29, 0.717) is 17.5 Å². The lowest BCUT2D eigenvalue weighted by atomic mass is 9.82. The molecule has 0 unspecified atom stereocenters. The Bertz CT molecular complexity index is 569. The lowest BCUT2D eigenvalue weighted by Crippen LogP contribution is -2.26. The van der Waals surface area contributed by atoms with Gasteiger partial charge in [0.15, 0.2) is 5.82 Å². The highest BCUT2D eigenvalue weighted by Gasteiger charge is 2.32. The fourth-order valence-corrected chi connectivity index (χ4v) is 3.07. The van der Waals surface area contributed by atoms with Crippen molar-refractivity contribution in [2.24, 2.45) is 0 Å². The van der Waals surface area contributed by atoms with Crippen molar-refractivity contribution in [3.8, 4) is 0 Å². The molecule has 4 nitrogen and oxygen atoms in total. The third kappa shape index (κ3) is 2.94. The molecule has 0 bridgehead atoms. The van der Waals surface area contributed by atoms with Crippen LogP contribution in [0.4, 0.5) is 0 Å². The van der Waals surface area contributed by atoms with Crippen LogP contribution in [-0.4, -0.2) is 21.4 Å². The Morgan fingerprint density at radius 2 is 2.16 bits per heavy atom. The van der Waals surface area contributed by atoms with Crippen LogP contribution in [0.15, 0.2) is 33.7 Å². The number of halogens is 1. The van der Waals surface area contributed by atoms with Crippen LogP contribution < -0.4 is 0 Å². The van der Waals surface area contributed by atoms with Crippen LogP contribution in [0.1, 0.15) is 30.5 Å². The highest BCUT2D eigenvalue weighted by Crippen LogP contribution is 2.36. The van der Waals surface area contributed by atoms with Gasteiger partial charge in [0.05, 0.1) is 16.9 Å². The molecule has 1 saturated carbocycles. The molecular formula is C13H13ClN2O2S. The molecular weight excluding hydrogens is 284 g/mol. The fourth-order valence-electron chi connectivity index (χ4n) is 1.99. The summed E-state index contributed by atoms with van der Waals surface area (Å²) in [6, 6.07) is 7.68. The van der Waals surface area contributed by atoms with Gasteiger partial charge in [0.2, 0.25) is 5.89 Å². The van der Waals surface area contributed by atoms with Gasteiger partial charge in [-0.25, -0.2) is 0 Å². The van der Waals surface area contributed by atoms with Crippen LogP contribution in [0, 0.1) is 0 Å². The second-order valence-electron chi connectivity index (χ2n) is 4.59. The van der Waals surface area contributed by atoms with Gasteiger partial charge in [0, 0.05) is 10.8 Å². The summed E-state index contributed by atoms with van der Waals surface area (Å²) in [6.07, 6.45) is 1.23. The van der Waals surface area contributed by atoms with Crippen molar-refractivity contribution in [3.05, 3.63) is 41.0 Å². The van der Waals surface area contributed by atoms with Crippen molar-refractivity contribution >= 4 is 23.4 Å². The van der Waals surface area contributed by atoms with Gasteiger partial charge in [-0.3, -0.25) is 0 Å². The molecule has 3 rings (SSSR count). The maximum atomic E-state index is 9.26. The molecule has 1 N–H and O–H groups in total. The van der Waals surface area contributed by atoms with E-state index in [1.807, 2.05) is 24.3 Å². The Kier molecular flexibility index (Phi) is 3.77. The standard InChI is InChI=1S/C13H13ClN2O2S/c14-10-3-1-2-4-11(10)19-7-12-15-13(18-16-12)8-5-9(17)6-8/h1-4,8-9,17H,5-7H2. The number of rotatable bonds is 4. The normalized spacial score (nSPS) is 22.2. The van der Waals surface area contributed by atoms with Gasteiger partial charge >= 0.3 is 0 Å². The maximum absolute atomic E-state index is 9.26. The van der Waals surface area contributed by atoms with E-state index < -0.39 is 0 Å². The summed E-state index contributed by atoms with van der Waals surface area (Å²) in [4.78, 5) is 5.37. The zero-order chi connectivity index (χ0) is 13.2. The minimum absolute atomic E-state index is 0.210. The van der Waals surface area contributed by atoms with Gasteiger partial charge in [-0.05, 0) is 25.0 Å². The monoisotopic (exact) mass is 296 g/mol. The zero-order valence-electron chi connectivity index (χ0n) is 10.1. The van der Waals surface area contributed by atoms with E-state index in [1.165, 1.54) is 0 Å². The number of thioether (sulfide) groups is 1. The molecule has 19 heavy (non-hydrogen) atoms. The Hall–Kier alpha value is -1.04. The number of benzene rings is 1. The molecule has 0 aliphatic heterocycles. The van der Waals surface area contributed by atoms with E-state index in [9.17, 15) is 5.11 Å². The van der Waals surface area contributed by atoms with E-state index in [4.69, 9.17) is 16.1 Å². The van der Waals surface area contributed by atoms with Gasteiger partial charge in [-0.1, -0.05) is 28.9 Å². The van der Waals surface area contributed by atoms with E-state index in [1.54, 1.807) is 11.8 Å². The second-order valence-corrected chi connectivity index (χ2v) is 6.01. The molecule has 6 heteroatoms. The third-order valence-electron chi connectivity index (χ3n) is 3.14. The first kappa shape index (κ1) is 13.0. The smallest absolute Gasteiger partial charge is 0.229 e. The number of nitrogens with zero attached hydrogens (tertiary/aromatic N) is 2. The quantitative estimate of drug-likeness (QED) is 0.878. The molecule has 0 saturated heterocycles. The number of hydrogen-bond acceptors (Lipinski definition) is 5. The highest BCUT2D eigenvalue weighted by molar-refractivity contribution is 7.98. The van der Waals surface area contributed by atoms with Crippen molar-refractivity contribution < 1.29 is 9.63 Å². The Labute approximate surface area is 120 Å². The highest BCUT2D eigenvalue weighted by atomic mass is 35.5. The molecule has 0 spiro atoms. The van der Waals surface area contributed by atoms with E-state index >= 15 is 0 Å². The third-order valence-corrected chi connectivity index (χ3v) is 4.65. The van der Waals surface area contributed by atoms with Crippen LogP contribution in [-0.2, 0) is 5.75 Å². The fraction of sp³-hybridized carbons (Fsp3) is 0.385. The van der Waals surface area contributed by atoms with Crippen molar-refractivity contribution in [1.29, 1.82) is 0 Å². The van der Waals surface area contributed by atoms with Gasteiger partial charge in [-0.15, -0.1) is 11.8 Å². The molecule has 0 radical (unpaired) electrons. The number of aliphatic hydroxyl groups is 1. The van der Waals surface area contributed by atoms with Gasteiger partial charge in [0.25, 0.3) is 0 Å². The molecule has 1 fully saturated rings. The molecule has 1 aliphatic rings. The van der Waals surface area contributed by atoms with E-state index in [2.05, 4.69) is 10.1 Å². The molecule has 100 valence electrons. The molecule has 1 heterocycles. The van der Waals surface area contributed by atoms with Crippen LogP contribution in [0.25, 0.3) is 0 Å². The molecule has 0 amide bonds. The lowest BCUT2D eigenvalue weighted by molar-refractivity contribution is 0.0625. The first-order valence-corrected chi connectivity index (χ1v) is 7.46. The van der Waals surface area contributed by atoms with Gasteiger partial charge in [-0.2, -0.15) is 4.98 Å². The second kappa shape index (κ2) is 5.53. The Balaban J connectivity index is 1.60. The minimum atomic E-state index is -0.210. The van der Waals surface area contributed by atoms with Gasteiger partial charge < -0.3 is 9.63 Å². The maximum Gasteiger partial charge on any atom is 0.229 e. The predicted octanol–water partition coefficient (Wildman–Crippen LogP) is 3.25. The summed E-state index contributed by atoms with van der Waals surface area (Å²) >= 11 is 7.67. The van der Waals surface area contributed by atoms with Crippen LogP contribution in [0.5, 0.6) is 0 Å². The van der Waals surface area contributed by atoms with Crippen LogP contribution in [0.2, 0.25) is 5.02 Å². The lowest BCUT2D eigenvalue weighted by Gasteiger charge is -2.27. The Morgan fingerprint density at radius 3 is 2.89 bits per heavy atom. The van der Waals surface area contributed by atoms with Crippen molar-refractivity contribution in [1.82, 2.24) is 10.1 Å². The number of hydrogen-bond donors (Lipinski definition) is 1. The summed E-state index contributed by atoms with van der Waals surface area (Å²) in [5.74, 6) is 2.16. The summed E-state index contributed by atoms with van der Waals surface area (Å²) in [5.41, 5.74) is 0. The average molecular weight is 297 g/mol. The number of aliphatic hydroxyl groups excluding tert-OH is 1. The summed E-state index contributed by atoms with van der Waals surface area (Å²) < 4.78 is 5.22. The minimum Gasteiger partial charge on any atom is -0.393 e. The zero-order valence-corrected chi connectivity index (χ0v) is 11.7. The molecule has 1 aromatic heterocycles. The summed E-state index contributed by atoms with van der Waals surface area (Å²) in [7, 11) is 0. The van der Waals surface area contributed by atoms with Gasteiger partial charge in [0.1, 0.15) is 0 Å². The van der Waals surface area contributed by atoms with Crippen molar-refractivity contribution in [2.45, 2.75) is 35.5 Å². The molecule has 1 aromatic carbocycles. The molecule has 2 aromatic rings. The predicted molar refractivity (Wildman–Crippen MR) is 73.3 cm³/mol. The summed E-state index contributed by atoms with van der Waals surface area (Å²) in [5, 5.41) is 14.0. The van der Waals surface area contributed by atoms with Crippen LogP contribution >= 0.6 is 23.4 Å². The number of aromatic nitrogens is 2. The summed E-state index contributed by atoms with van der Waals surface area (Å²) in [6.45, 7) is 0. The van der Waals surface area contributed by atoms with Crippen molar-refractivity contribution in [3.63, 3.8) is 0 Å². The Morgan fingerprint density at radius 1 is 1.37 bits per heavy atom. The first-order valence-electron chi connectivity index (χ1n) is 6.10. The largest absolute Gasteiger partial charge is 0.393 e. The topological polar surface area (TPSA) is 59.2 Å². The molecule has 1 aliphatic carbocycles. The van der Waals surface area contributed by atoms with E-state index in [-0.39, 0.29) is 12.0 Å². The SMILES string of the molecule is OC1CC(c2nc(CSc3ccccc3Cl)no2)C1. The van der Waals surface area contributed by atoms with Crippen LogP contribution in [0.3, 0.4) is 0 Å². The van der Waals surface area contributed by atoms with E-state index in [0.717, 1.165) is 22.8 Å². The first-order chi connectivity index (χ1) is 9.22. The van der Waals surface area contributed by atoms with Crippen molar-refractivity contribution in [2.75, 3.05) is 0 Å². The molecule has 0 atom stereocenters.